The summed E-state index contributed by atoms with van der Waals surface area (Å²) >= 11 is 0. The molecule has 0 atom stereocenters. The molecule has 5 nitrogen and oxygen atoms in total. The predicted octanol–water partition coefficient (Wildman–Crippen LogP) is 0.862. The molecule has 1 aromatic carbocycles. The summed E-state index contributed by atoms with van der Waals surface area (Å²) in [6, 6.07) is 5.49. The maximum Gasteiger partial charge on any atom is 0.218 e. The Morgan fingerprint density at radius 3 is 2.24 bits per heavy atom. The molecule has 116 valence electrons. The van der Waals surface area contributed by atoms with Crippen LogP contribution in [-0.2, 0) is 20.6 Å². The first-order valence-electron chi connectivity index (χ1n) is 6.81. The van der Waals surface area contributed by atoms with Gasteiger partial charge in [0.05, 0.1) is 12.3 Å². The van der Waals surface area contributed by atoms with E-state index in [9.17, 15) is 17.6 Å². The van der Waals surface area contributed by atoms with Gasteiger partial charge in [-0.05, 0) is 24.6 Å². The lowest BCUT2D eigenvalue weighted by molar-refractivity contribution is -0.118. The van der Waals surface area contributed by atoms with E-state index in [-0.39, 0.29) is 17.4 Å². The van der Waals surface area contributed by atoms with Gasteiger partial charge < -0.3 is 0 Å². The molecule has 0 N–H and O–H groups in total. The summed E-state index contributed by atoms with van der Waals surface area (Å²) in [5.74, 6) is -0.424. The Balaban J connectivity index is 1.95. The molecule has 0 aromatic heterocycles. The highest BCUT2D eigenvalue weighted by atomic mass is 32.2. The van der Waals surface area contributed by atoms with E-state index < -0.39 is 10.0 Å². The molecule has 2 rings (SSSR count). The number of sulfonamides is 1. The third-order valence-electron chi connectivity index (χ3n) is 3.43. The third kappa shape index (κ3) is 4.59. The first-order valence-corrected chi connectivity index (χ1v) is 8.42. The fraction of sp³-hybridized carbons (Fsp3) is 0.500. The van der Waals surface area contributed by atoms with Crippen LogP contribution in [0.4, 0.5) is 4.39 Å². The summed E-state index contributed by atoms with van der Waals surface area (Å²) < 4.78 is 38.9. The van der Waals surface area contributed by atoms with Crippen molar-refractivity contribution in [2.45, 2.75) is 12.7 Å². The number of nitrogens with zero attached hydrogens (tertiary/aromatic N) is 2. The number of benzene rings is 1. The predicted molar refractivity (Wildman–Crippen MR) is 77.7 cm³/mol. The molecule has 1 aliphatic heterocycles. The highest BCUT2D eigenvalue weighted by Crippen LogP contribution is 2.14. The highest BCUT2D eigenvalue weighted by molar-refractivity contribution is 7.88. The zero-order valence-electron chi connectivity index (χ0n) is 12.0. The lowest BCUT2D eigenvalue weighted by atomic mass is 10.2. The average molecular weight is 314 g/mol. The van der Waals surface area contributed by atoms with Gasteiger partial charge in [-0.1, -0.05) is 12.1 Å². The summed E-state index contributed by atoms with van der Waals surface area (Å²) in [6.45, 7) is 3.78. The molecule has 1 heterocycles. The number of Topliss-reactive ketones (excluding diaryl/α,β-unsaturated/α-hetero) is 1. The third-order valence-corrected chi connectivity index (χ3v) is 5.28. The molecular formula is C14H19FN2O3S. The molecule has 1 aromatic rings. The normalized spacial score (nSPS) is 17.8. The van der Waals surface area contributed by atoms with Gasteiger partial charge in [0.25, 0.3) is 0 Å². The SMILES string of the molecule is CC(=O)CN1CCN(S(=O)(=O)Cc2ccc(F)cc2)CC1. The molecule has 7 heteroatoms. The van der Waals surface area contributed by atoms with Crippen LogP contribution in [0.3, 0.4) is 0 Å². The number of rotatable bonds is 5. The van der Waals surface area contributed by atoms with E-state index in [1.807, 2.05) is 4.90 Å². The second-order valence-electron chi connectivity index (χ2n) is 5.26. The number of hydrogen-bond acceptors (Lipinski definition) is 4. The molecule has 0 unspecified atom stereocenters. The van der Waals surface area contributed by atoms with Gasteiger partial charge in [0.1, 0.15) is 11.6 Å². The van der Waals surface area contributed by atoms with E-state index in [2.05, 4.69) is 0 Å². The second-order valence-corrected chi connectivity index (χ2v) is 7.23. The molecule has 0 aliphatic carbocycles. The zero-order valence-corrected chi connectivity index (χ0v) is 12.8. The van der Waals surface area contributed by atoms with Crippen molar-refractivity contribution < 1.29 is 17.6 Å². The molecule has 0 spiro atoms. The number of halogens is 1. The number of hydrogen-bond donors (Lipinski definition) is 0. The van der Waals surface area contributed by atoms with E-state index in [0.29, 0.717) is 38.3 Å². The minimum Gasteiger partial charge on any atom is -0.299 e. The lowest BCUT2D eigenvalue weighted by Gasteiger charge is -2.33. The van der Waals surface area contributed by atoms with Crippen molar-refractivity contribution in [1.29, 1.82) is 0 Å². The molecule has 0 radical (unpaired) electrons. The Labute approximate surface area is 124 Å². The molecule has 1 fully saturated rings. The van der Waals surface area contributed by atoms with E-state index in [4.69, 9.17) is 0 Å². The fourth-order valence-electron chi connectivity index (χ4n) is 2.36. The van der Waals surface area contributed by atoms with Crippen LogP contribution in [0.5, 0.6) is 0 Å². The van der Waals surface area contributed by atoms with Crippen LogP contribution in [-0.4, -0.2) is 56.1 Å². The van der Waals surface area contributed by atoms with Gasteiger partial charge in [-0.15, -0.1) is 0 Å². The number of carbonyl (C=O) groups excluding carboxylic acids is 1. The smallest absolute Gasteiger partial charge is 0.218 e. The van der Waals surface area contributed by atoms with Crippen LogP contribution in [0, 0.1) is 5.82 Å². The summed E-state index contributed by atoms with van der Waals surface area (Å²) in [6.07, 6.45) is 0. The first-order chi connectivity index (χ1) is 9.87. The van der Waals surface area contributed by atoms with Gasteiger partial charge in [0.15, 0.2) is 0 Å². The molecule has 0 bridgehead atoms. The van der Waals surface area contributed by atoms with Gasteiger partial charge in [0, 0.05) is 26.2 Å². The van der Waals surface area contributed by atoms with Gasteiger partial charge in [-0.25, -0.2) is 12.8 Å². The average Bonchev–Trinajstić information content (AvgIpc) is 2.41. The van der Waals surface area contributed by atoms with E-state index >= 15 is 0 Å². The molecule has 1 aliphatic rings. The molecule has 1 saturated heterocycles. The van der Waals surface area contributed by atoms with E-state index in [1.165, 1.54) is 35.5 Å². The van der Waals surface area contributed by atoms with Gasteiger partial charge in [0.2, 0.25) is 10.0 Å². The van der Waals surface area contributed by atoms with E-state index in [0.717, 1.165) is 0 Å². The zero-order chi connectivity index (χ0) is 15.5. The van der Waals surface area contributed by atoms with E-state index in [1.54, 1.807) is 0 Å². The van der Waals surface area contributed by atoms with Crippen molar-refractivity contribution in [2.24, 2.45) is 0 Å². The van der Waals surface area contributed by atoms with Crippen molar-refractivity contribution in [3.8, 4) is 0 Å². The molecule has 21 heavy (non-hydrogen) atoms. The standard InChI is InChI=1S/C14H19FN2O3S/c1-12(18)10-16-6-8-17(9-7-16)21(19,20)11-13-2-4-14(15)5-3-13/h2-5H,6-11H2,1H3. The molecule has 0 saturated carbocycles. The van der Waals surface area contributed by atoms with Crippen molar-refractivity contribution in [3.63, 3.8) is 0 Å². The Hall–Kier alpha value is -1.31. The van der Waals surface area contributed by atoms with Crippen LogP contribution in [0.1, 0.15) is 12.5 Å². The highest BCUT2D eigenvalue weighted by Gasteiger charge is 2.27. The van der Waals surface area contributed by atoms with Crippen LogP contribution in [0.15, 0.2) is 24.3 Å². The Kier molecular flexibility index (Phi) is 5.08. The monoisotopic (exact) mass is 314 g/mol. The number of ketones is 1. The number of piperazine rings is 1. The number of carbonyl (C=O) groups is 1. The minimum atomic E-state index is -3.40. The Morgan fingerprint density at radius 1 is 1.14 bits per heavy atom. The summed E-state index contributed by atoms with van der Waals surface area (Å²) in [4.78, 5) is 13.0. The van der Waals surface area contributed by atoms with Crippen LogP contribution >= 0.6 is 0 Å². The lowest BCUT2D eigenvalue weighted by Crippen LogP contribution is -2.49. The quantitative estimate of drug-likeness (QED) is 0.809. The largest absolute Gasteiger partial charge is 0.299 e. The Morgan fingerprint density at radius 2 is 1.71 bits per heavy atom. The maximum absolute atomic E-state index is 12.8. The van der Waals surface area contributed by atoms with Gasteiger partial charge in [-0.3, -0.25) is 9.69 Å². The van der Waals surface area contributed by atoms with Crippen molar-refractivity contribution in [2.75, 3.05) is 32.7 Å². The summed E-state index contributed by atoms with van der Waals surface area (Å²) in [5, 5.41) is 0. The van der Waals surface area contributed by atoms with Crippen molar-refractivity contribution in [3.05, 3.63) is 35.6 Å². The first kappa shape index (κ1) is 16.1. The van der Waals surface area contributed by atoms with Crippen LogP contribution < -0.4 is 0 Å². The minimum absolute atomic E-state index is 0.0811. The molecule has 0 amide bonds. The van der Waals surface area contributed by atoms with Crippen LogP contribution in [0.25, 0.3) is 0 Å². The van der Waals surface area contributed by atoms with Crippen molar-refractivity contribution >= 4 is 15.8 Å². The van der Waals surface area contributed by atoms with Crippen molar-refractivity contribution in [1.82, 2.24) is 9.21 Å². The van der Waals surface area contributed by atoms with Crippen LogP contribution in [0.2, 0.25) is 0 Å². The fourth-order valence-corrected chi connectivity index (χ4v) is 3.88. The Bertz CT molecular complexity index is 593. The van der Waals surface area contributed by atoms with Gasteiger partial charge >= 0.3 is 0 Å². The molecular weight excluding hydrogens is 295 g/mol. The second kappa shape index (κ2) is 6.64. The topological polar surface area (TPSA) is 57.7 Å². The summed E-state index contributed by atoms with van der Waals surface area (Å²) in [5.41, 5.74) is 0.572. The maximum atomic E-state index is 12.8. The summed E-state index contributed by atoms with van der Waals surface area (Å²) in [7, 11) is -3.40. The van der Waals surface area contributed by atoms with Gasteiger partial charge in [-0.2, -0.15) is 4.31 Å².